The quantitative estimate of drug-likeness (QED) is 0.711. The van der Waals surface area contributed by atoms with Crippen LogP contribution in [-0.4, -0.2) is 18.5 Å². The molecule has 1 atom stereocenters. The van der Waals surface area contributed by atoms with Gasteiger partial charge in [-0.2, -0.15) is 0 Å². The van der Waals surface area contributed by atoms with Gasteiger partial charge in [-0.3, -0.25) is 4.79 Å². The second-order valence-electron chi connectivity index (χ2n) is 5.00. The highest BCUT2D eigenvalue weighted by molar-refractivity contribution is 7.09. The van der Waals surface area contributed by atoms with Crippen molar-refractivity contribution in [3.63, 3.8) is 0 Å². The minimum atomic E-state index is 0.421. The molecule has 1 aromatic rings. The fraction of sp³-hybridized carbons (Fsp3) is 0.667. The van der Waals surface area contributed by atoms with Crippen molar-refractivity contribution in [2.75, 3.05) is 6.61 Å². The standard InChI is InChI=1S/C15H22O2S/c16-13(5-1-7-14-8-3-11-17-14)6-2-9-15-10-4-12-18-15/h4,10,12,14H,1-3,5-9,11H2. The number of ether oxygens (including phenoxy) is 1. The summed E-state index contributed by atoms with van der Waals surface area (Å²) in [5.41, 5.74) is 0. The number of hydrogen-bond donors (Lipinski definition) is 0. The molecule has 0 aromatic carbocycles. The molecule has 2 rings (SSSR count). The zero-order valence-corrected chi connectivity index (χ0v) is 11.7. The van der Waals surface area contributed by atoms with Crippen molar-refractivity contribution in [2.24, 2.45) is 0 Å². The van der Waals surface area contributed by atoms with Crippen LogP contribution in [-0.2, 0) is 16.0 Å². The molecular weight excluding hydrogens is 244 g/mol. The lowest BCUT2D eigenvalue weighted by molar-refractivity contribution is -0.119. The number of hydrogen-bond acceptors (Lipinski definition) is 3. The van der Waals surface area contributed by atoms with Crippen LogP contribution in [0.3, 0.4) is 0 Å². The van der Waals surface area contributed by atoms with E-state index >= 15 is 0 Å². The summed E-state index contributed by atoms with van der Waals surface area (Å²) in [5, 5.41) is 2.10. The van der Waals surface area contributed by atoms with E-state index in [2.05, 4.69) is 17.5 Å². The maximum absolute atomic E-state index is 11.7. The monoisotopic (exact) mass is 266 g/mol. The van der Waals surface area contributed by atoms with Gasteiger partial charge in [-0.1, -0.05) is 6.07 Å². The van der Waals surface area contributed by atoms with E-state index in [1.54, 1.807) is 11.3 Å². The SMILES string of the molecule is O=C(CCCc1cccs1)CCCC1CCCO1. The van der Waals surface area contributed by atoms with Gasteiger partial charge >= 0.3 is 0 Å². The Hall–Kier alpha value is -0.670. The molecule has 3 heteroatoms. The Morgan fingerprint density at radius 1 is 1.39 bits per heavy atom. The van der Waals surface area contributed by atoms with Crippen LogP contribution in [0, 0.1) is 0 Å². The summed E-state index contributed by atoms with van der Waals surface area (Å²) in [6.07, 6.45) is 8.41. The third-order valence-corrected chi connectivity index (χ3v) is 4.40. The predicted molar refractivity (Wildman–Crippen MR) is 75.1 cm³/mol. The van der Waals surface area contributed by atoms with E-state index in [1.165, 1.54) is 17.7 Å². The van der Waals surface area contributed by atoms with Crippen molar-refractivity contribution in [3.8, 4) is 0 Å². The first kappa shape index (κ1) is 13.8. The number of ketones is 1. The summed E-state index contributed by atoms with van der Waals surface area (Å²) in [5.74, 6) is 0.421. The molecule has 0 bridgehead atoms. The van der Waals surface area contributed by atoms with Gasteiger partial charge in [0, 0.05) is 24.3 Å². The van der Waals surface area contributed by atoms with Gasteiger partial charge < -0.3 is 4.74 Å². The van der Waals surface area contributed by atoms with Crippen LogP contribution in [0.4, 0.5) is 0 Å². The largest absolute Gasteiger partial charge is 0.378 e. The molecule has 1 aromatic heterocycles. The smallest absolute Gasteiger partial charge is 0.132 e. The summed E-state index contributed by atoms with van der Waals surface area (Å²) in [4.78, 5) is 13.1. The fourth-order valence-corrected chi connectivity index (χ4v) is 3.19. The van der Waals surface area contributed by atoms with Gasteiger partial charge in [0.1, 0.15) is 5.78 Å². The second-order valence-corrected chi connectivity index (χ2v) is 6.03. The lowest BCUT2D eigenvalue weighted by Gasteiger charge is -2.07. The number of Topliss-reactive ketones (excluding diaryl/α,β-unsaturated/α-hetero) is 1. The van der Waals surface area contributed by atoms with Crippen molar-refractivity contribution in [1.82, 2.24) is 0 Å². The summed E-state index contributed by atoms with van der Waals surface area (Å²) in [7, 11) is 0. The summed E-state index contributed by atoms with van der Waals surface area (Å²) >= 11 is 1.78. The molecule has 0 radical (unpaired) electrons. The number of carbonyl (C=O) groups excluding carboxylic acids is 1. The van der Waals surface area contributed by atoms with Crippen LogP contribution in [0.25, 0.3) is 0 Å². The molecule has 2 heterocycles. The van der Waals surface area contributed by atoms with E-state index in [0.29, 0.717) is 11.9 Å². The van der Waals surface area contributed by atoms with Crippen LogP contribution in [0.5, 0.6) is 0 Å². The van der Waals surface area contributed by atoms with Crippen molar-refractivity contribution in [3.05, 3.63) is 22.4 Å². The Morgan fingerprint density at radius 3 is 3.00 bits per heavy atom. The van der Waals surface area contributed by atoms with Gasteiger partial charge in [0.05, 0.1) is 6.10 Å². The number of carbonyl (C=O) groups is 1. The van der Waals surface area contributed by atoms with E-state index in [0.717, 1.165) is 45.1 Å². The molecule has 0 N–H and O–H groups in total. The Labute approximate surface area is 113 Å². The molecule has 2 nitrogen and oxygen atoms in total. The Morgan fingerprint density at radius 2 is 2.28 bits per heavy atom. The minimum absolute atomic E-state index is 0.421. The molecule has 1 aliphatic heterocycles. The van der Waals surface area contributed by atoms with Crippen LogP contribution in [0.1, 0.15) is 49.8 Å². The third kappa shape index (κ3) is 4.91. The van der Waals surface area contributed by atoms with Crippen molar-refractivity contribution in [1.29, 1.82) is 0 Å². The molecule has 0 saturated carbocycles. The minimum Gasteiger partial charge on any atom is -0.378 e. The number of aryl methyl sites for hydroxylation is 1. The van der Waals surface area contributed by atoms with Gasteiger partial charge in [0.25, 0.3) is 0 Å². The van der Waals surface area contributed by atoms with Crippen LogP contribution < -0.4 is 0 Å². The lowest BCUT2D eigenvalue weighted by atomic mass is 10.0. The highest BCUT2D eigenvalue weighted by Gasteiger charge is 2.15. The number of thiophene rings is 1. The molecule has 1 saturated heterocycles. The van der Waals surface area contributed by atoms with Gasteiger partial charge in [-0.25, -0.2) is 0 Å². The molecular formula is C15H22O2S. The second kappa shape index (κ2) is 7.70. The highest BCUT2D eigenvalue weighted by atomic mass is 32.1. The molecule has 0 amide bonds. The first-order chi connectivity index (χ1) is 8.84. The van der Waals surface area contributed by atoms with E-state index < -0.39 is 0 Å². The van der Waals surface area contributed by atoms with Crippen molar-refractivity contribution in [2.45, 2.75) is 57.5 Å². The first-order valence-corrected chi connectivity index (χ1v) is 7.88. The molecule has 1 unspecified atom stereocenters. The zero-order valence-electron chi connectivity index (χ0n) is 10.9. The first-order valence-electron chi connectivity index (χ1n) is 7.00. The van der Waals surface area contributed by atoms with Gasteiger partial charge in [-0.15, -0.1) is 11.3 Å². The summed E-state index contributed by atoms with van der Waals surface area (Å²) in [6.45, 7) is 0.916. The topological polar surface area (TPSA) is 26.3 Å². The average molecular weight is 266 g/mol. The lowest BCUT2D eigenvalue weighted by Crippen LogP contribution is -2.06. The summed E-state index contributed by atoms with van der Waals surface area (Å²) < 4.78 is 5.55. The molecule has 0 aliphatic carbocycles. The van der Waals surface area contributed by atoms with E-state index in [-0.39, 0.29) is 0 Å². The fourth-order valence-electron chi connectivity index (χ4n) is 2.44. The third-order valence-electron chi connectivity index (χ3n) is 3.46. The Kier molecular flexibility index (Phi) is 5.88. The van der Waals surface area contributed by atoms with Gasteiger partial charge in [0.15, 0.2) is 0 Å². The van der Waals surface area contributed by atoms with E-state index in [4.69, 9.17) is 4.74 Å². The molecule has 1 fully saturated rings. The van der Waals surface area contributed by atoms with Crippen LogP contribution >= 0.6 is 11.3 Å². The Balaban J connectivity index is 1.49. The molecule has 1 aliphatic rings. The van der Waals surface area contributed by atoms with Crippen molar-refractivity contribution >= 4 is 17.1 Å². The molecule has 100 valence electrons. The maximum atomic E-state index is 11.7. The molecule has 0 spiro atoms. The predicted octanol–water partition coefficient (Wildman–Crippen LogP) is 3.99. The average Bonchev–Trinajstić information content (AvgIpc) is 3.01. The van der Waals surface area contributed by atoms with Crippen molar-refractivity contribution < 1.29 is 9.53 Å². The summed E-state index contributed by atoms with van der Waals surface area (Å²) in [6, 6.07) is 4.22. The van der Waals surface area contributed by atoms with Crippen LogP contribution in [0.2, 0.25) is 0 Å². The van der Waals surface area contributed by atoms with Gasteiger partial charge in [-0.05, 0) is 50.0 Å². The van der Waals surface area contributed by atoms with Crippen LogP contribution in [0.15, 0.2) is 17.5 Å². The maximum Gasteiger partial charge on any atom is 0.132 e. The van der Waals surface area contributed by atoms with E-state index in [1.807, 2.05) is 0 Å². The Bertz CT molecular complexity index is 339. The molecule has 18 heavy (non-hydrogen) atoms. The normalized spacial score (nSPS) is 19.2. The van der Waals surface area contributed by atoms with Gasteiger partial charge in [0.2, 0.25) is 0 Å². The zero-order chi connectivity index (χ0) is 12.6. The number of rotatable bonds is 8. The van der Waals surface area contributed by atoms with E-state index in [9.17, 15) is 4.79 Å². The highest BCUT2D eigenvalue weighted by Crippen LogP contribution is 2.18.